The minimum atomic E-state index is 0.121. The number of hydrogen-bond donors (Lipinski definition) is 0. The molecular formula is C19H24N2OS. The number of benzene rings is 1. The Balaban J connectivity index is 1.50. The molecule has 0 saturated carbocycles. The van der Waals surface area contributed by atoms with E-state index >= 15 is 0 Å². The monoisotopic (exact) mass is 328 g/mol. The minimum absolute atomic E-state index is 0.121. The Morgan fingerprint density at radius 1 is 1.17 bits per heavy atom. The van der Waals surface area contributed by atoms with Crippen LogP contribution in [0.1, 0.15) is 23.6 Å². The summed E-state index contributed by atoms with van der Waals surface area (Å²) < 4.78 is 6.21. The molecule has 0 N–H and O–H groups in total. The number of hydrogen-bond acceptors (Lipinski definition) is 4. The number of ether oxygens (including phenoxy) is 1. The summed E-state index contributed by atoms with van der Waals surface area (Å²) in [6.07, 6.45) is 0.121. The van der Waals surface area contributed by atoms with Gasteiger partial charge in [0.05, 0.1) is 6.61 Å². The average molecular weight is 328 g/mol. The van der Waals surface area contributed by atoms with E-state index in [1.54, 1.807) is 11.3 Å². The molecule has 4 rings (SSSR count). The van der Waals surface area contributed by atoms with Crippen LogP contribution >= 0.6 is 11.3 Å². The molecule has 0 unspecified atom stereocenters. The van der Waals surface area contributed by atoms with Crippen LogP contribution in [0.5, 0.6) is 0 Å². The summed E-state index contributed by atoms with van der Waals surface area (Å²) in [6.45, 7) is 5.41. The van der Waals surface area contributed by atoms with Gasteiger partial charge < -0.3 is 4.74 Å². The van der Waals surface area contributed by atoms with Crippen molar-refractivity contribution >= 4 is 11.3 Å². The second-order valence-corrected chi connectivity index (χ2v) is 7.75. The number of likely N-dealkylation sites (tertiary alicyclic amines) is 1. The van der Waals surface area contributed by atoms with Gasteiger partial charge >= 0.3 is 0 Å². The summed E-state index contributed by atoms with van der Waals surface area (Å²) >= 11 is 1.79. The first-order chi connectivity index (χ1) is 11.2. The molecule has 3 heterocycles. The standard InChI is InChI=1S/C19H24N2OS/c1-14-18-16(12-21(14)11-15-7-4-3-5-8-15)13-22-19(20(18)2)17-9-6-10-23-17/h3-10,14,16,18-19H,11-13H2,1-2H3/t14-,16-,18-,19-/m0/s1. The predicted octanol–water partition coefficient (Wildman–Crippen LogP) is 3.60. The largest absolute Gasteiger partial charge is 0.358 e. The third kappa shape index (κ3) is 2.85. The van der Waals surface area contributed by atoms with E-state index in [-0.39, 0.29) is 6.23 Å². The Hall–Kier alpha value is -1.20. The van der Waals surface area contributed by atoms with Crippen LogP contribution in [0.25, 0.3) is 0 Å². The van der Waals surface area contributed by atoms with E-state index in [2.05, 4.69) is 71.6 Å². The highest BCUT2D eigenvalue weighted by molar-refractivity contribution is 7.10. The Labute approximate surface area is 142 Å². The van der Waals surface area contributed by atoms with Crippen molar-refractivity contribution in [1.29, 1.82) is 0 Å². The van der Waals surface area contributed by atoms with Crippen molar-refractivity contribution in [2.24, 2.45) is 5.92 Å². The molecule has 1 aromatic carbocycles. The van der Waals surface area contributed by atoms with Gasteiger partial charge in [0.2, 0.25) is 0 Å². The summed E-state index contributed by atoms with van der Waals surface area (Å²) in [5.41, 5.74) is 1.40. The molecule has 23 heavy (non-hydrogen) atoms. The van der Waals surface area contributed by atoms with Crippen LogP contribution in [-0.2, 0) is 11.3 Å². The molecule has 4 heteroatoms. The van der Waals surface area contributed by atoms with Crippen LogP contribution in [-0.4, -0.2) is 42.1 Å². The first-order valence-corrected chi connectivity index (χ1v) is 9.27. The van der Waals surface area contributed by atoms with Gasteiger partial charge in [-0.15, -0.1) is 11.3 Å². The summed E-state index contributed by atoms with van der Waals surface area (Å²) in [7, 11) is 2.23. The second kappa shape index (κ2) is 6.36. The van der Waals surface area contributed by atoms with Crippen molar-refractivity contribution < 1.29 is 4.74 Å². The molecule has 0 aliphatic carbocycles. The lowest BCUT2D eigenvalue weighted by molar-refractivity contribution is -0.133. The Kier molecular flexibility index (Phi) is 4.24. The molecule has 4 atom stereocenters. The Bertz CT molecular complexity index is 630. The second-order valence-electron chi connectivity index (χ2n) is 6.77. The average Bonchev–Trinajstić information content (AvgIpc) is 3.18. The lowest BCUT2D eigenvalue weighted by Gasteiger charge is -2.42. The van der Waals surface area contributed by atoms with E-state index in [0.29, 0.717) is 18.0 Å². The zero-order chi connectivity index (χ0) is 15.8. The Morgan fingerprint density at radius 2 is 2.00 bits per heavy atom. The van der Waals surface area contributed by atoms with E-state index in [1.807, 2.05) is 0 Å². The molecule has 1 aromatic heterocycles. The lowest BCUT2D eigenvalue weighted by atomic mass is 9.96. The maximum atomic E-state index is 6.21. The van der Waals surface area contributed by atoms with Crippen molar-refractivity contribution in [3.05, 3.63) is 58.3 Å². The fourth-order valence-electron chi connectivity index (χ4n) is 4.24. The van der Waals surface area contributed by atoms with Crippen LogP contribution in [0.15, 0.2) is 47.8 Å². The van der Waals surface area contributed by atoms with Crippen LogP contribution in [0.2, 0.25) is 0 Å². The van der Waals surface area contributed by atoms with E-state index < -0.39 is 0 Å². The first kappa shape index (κ1) is 15.3. The van der Waals surface area contributed by atoms with Gasteiger partial charge in [-0.05, 0) is 31.0 Å². The van der Waals surface area contributed by atoms with Crippen molar-refractivity contribution in [1.82, 2.24) is 9.80 Å². The molecule has 2 fully saturated rings. The fourth-order valence-corrected chi connectivity index (χ4v) is 5.06. The van der Waals surface area contributed by atoms with Crippen molar-refractivity contribution in [2.75, 3.05) is 20.2 Å². The smallest absolute Gasteiger partial charge is 0.146 e. The van der Waals surface area contributed by atoms with E-state index in [1.165, 1.54) is 10.4 Å². The number of thiophene rings is 1. The van der Waals surface area contributed by atoms with E-state index in [4.69, 9.17) is 4.74 Å². The quantitative estimate of drug-likeness (QED) is 0.856. The maximum Gasteiger partial charge on any atom is 0.146 e. The zero-order valence-electron chi connectivity index (χ0n) is 13.8. The summed E-state index contributed by atoms with van der Waals surface area (Å²) in [5.74, 6) is 0.606. The molecule has 122 valence electrons. The van der Waals surface area contributed by atoms with Crippen LogP contribution in [0.4, 0.5) is 0 Å². The highest BCUT2D eigenvalue weighted by Gasteiger charge is 2.46. The molecule has 2 aromatic rings. The van der Waals surface area contributed by atoms with Gasteiger partial charge in [0.1, 0.15) is 6.23 Å². The number of nitrogens with zero attached hydrogens (tertiary/aromatic N) is 2. The fraction of sp³-hybridized carbons (Fsp3) is 0.474. The number of rotatable bonds is 3. The molecule has 0 amide bonds. The molecule has 2 aliphatic heterocycles. The predicted molar refractivity (Wildman–Crippen MR) is 94.4 cm³/mol. The van der Waals surface area contributed by atoms with Gasteiger partial charge in [0.15, 0.2) is 0 Å². The molecule has 0 spiro atoms. The third-order valence-corrected chi connectivity index (χ3v) is 6.25. The molecule has 0 bridgehead atoms. The van der Waals surface area contributed by atoms with E-state index in [9.17, 15) is 0 Å². The highest BCUT2D eigenvalue weighted by Crippen LogP contribution is 2.39. The Morgan fingerprint density at radius 3 is 2.74 bits per heavy atom. The van der Waals surface area contributed by atoms with Gasteiger partial charge in [-0.25, -0.2) is 0 Å². The minimum Gasteiger partial charge on any atom is -0.358 e. The topological polar surface area (TPSA) is 15.7 Å². The van der Waals surface area contributed by atoms with Crippen molar-refractivity contribution in [3.63, 3.8) is 0 Å². The van der Waals surface area contributed by atoms with Gasteiger partial charge in [-0.2, -0.15) is 0 Å². The maximum absolute atomic E-state index is 6.21. The van der Waals surface area contributed by atoms with Crippen molar-refractivity contribution in [3.8, 4) is 0 Å². The van der Waals surface area contributed by atoms with Gasteiger partial charge in [-0.1, -0.05) is 36.4 Å². The molecular weight excluding hydrogens is 304 g/mol. The molecule has 0 radical (unpaired) electrons. The van der Waals surface area contributed by atoms with Gasteiger partial charge in [0, 0.05) is 36.0 Å². The summed E-state index contributed by atoms with van der Waals surface area (Å²) in [5, 5.41) is 2.14. The highest BCUT2D eigenvalue weighted by atomic mass is 32.1. The van der Waals surface area contributed by atoms with Gasteiger partial charge in [-0.3, -0.25) is 9.80 Å². The normalized spacial score (nSPS) is 32.1. The SMILES string of the molecule is C[C@H]1[C@H]2[C@H](CO[C@@H](c3cccs3)N2C)CN1Cc1ccccc1. The summed E-state index contributed by atoms with van der Waals surface area (Å²) in [4.78, 5) is 6.39. The third-order valence-electron chi connectivity index (χ3n) is 5.35. The lowest BCUT2D eigenvalue weighted by Crippen LogP contribution is -2.50. The number of fused-ring (bicyclic) bond motifs is 1. The molecule has 2 saturated heterocycles. The number of likely N-dealkylation sites (N-methyl/N-ethyl adjacent to an activating group) is 1. The van der Waals surface area contributed by atoms with Crippen molar-refractivity contribution in [2.45, 2.75) is 31.8 Å². The molecule has 2 aliphatic rings. The van der Waals surface area contributed by atoms with Crippen LogP contribution in [0.3, 0.4) is 0 Å². The molecule has 3 nitrogen and oxygen atoms in total. The van der Waals surface area contributed by atoms with Crippen LogP contribution < -0.4 is 0 Å². The van der Waals surface area contributed by atoms with E-state index in [0.717, 1.165) is 19.7 Å². The van der Waals surface area contributed by atoms with Crippen LogP contribution in [0, 0.1) is 5.92 Å². The zero-order valence-corrected chi connectivity index (χ0v) is 14.6. The summed E-state index contributed by atoms with van der Waals surface area (Å²) in [6, 6.07) is 16.2. The van der Waals surface area contributed by atoms with Gasteiger partial charge in [0.25, 0.3) is 0 Å². The first-order valence-electron chi connectivity index (χ1n) is 8.39.